The van der Waals surface area contributed by atoms with Crippen LogP contribution in [0.2, 0.25) is 10.0 Å². The summed E-state index contributed by atoms with van der Waals surface area (Å²) in [6, 6.07) is 10.9. The van der Waals surface area contributed by atoms with Crippen molar-refractivity contribution in [2.45, 2.75) is 43.7 Å². The molecule has 0 aromatic heterocycles. The number of anilines is 1. The molecule has 1 aliphatic carbocycles. The summed E-state index contributed by atoms with van der Waals surface area (Å²) < 4.78 is 11.1. The van der Waals surface area contributed by atoms with Gasteiger partial charge in [-0.25, -0.2) is 0 Å². The van der Waals surface area contributed by atoms with Gasteiger partial charge in [-0.15, -0.1) is 0 Å². The van der Waals surface area contributed by atoms with E-state index in [1.54, 1.807) is 18.2 Å². The number of nitrogens with one attached hydrogen (secondary N) is 1. The Morgan fingerprint density at radius 2 is 1.97 bits per heavy atom. The zero-order chi connectivity index (χ0) is 22.3. The van der Waals surface area contributed by atoms with Crippen molar-refractivity contribution in [1.29, 1.82) is 0 Å². The molecule has 0 spiro atoms. The van der Waals surface area contributed by atoms with Crippen LogP contribution in [0.3, 0.4) is 0 Å². The Labute approximate surface area is 197 Å². The monoisotopic (exact) mass is 476 g/mol. The van der Waals surface area contributed by atoms with Gasteiger partial charge in [0.2, 0.25) is 12.7 Å². The molecule has 8 heteroatoms. The number of halogens is 2. The summed E-state index contributed by atoms with van der Waals surface area (Å²) in [6.45, 7) is 1.04. The minimum Gasteiger partial charge on any atom is -0.454 e. The summed E-state index contributed by atoms with van der Waals surface area (Å²) in [7, 11) is 0. The average Bonchev–Trinajstić information content (AvgIpc) is 3.23. The second kappa shape index (κ2) is 8.75. The lowest BCUT2D eigenvalue weighted by atomic mass is 9.66. The smallest absolute Gasteiger partial charge is 0.238 e. The maximum Gasteiger partial charge on any atom is 0.238 e. The van der Waals surface area contributed by atoms with Gasteiger partial charge in [0.1, 0.15) is 0 Å². The largest absolute Gasteiger partial charge is 0.454 e. The van der Waals surface area contributed by atoms with Crippen molar-refractivity contribution >= 4 is 34.8 Å². The highest BCUT2D eigenvalue weighted by Crippen LogP contribution is 2.50. The number of amides is 1. The first-order valence-corrected chi connectivity index (χ1v) is 11.8. The molecular weight excluding hydrogens is 451 g/mol. The zero-order valence-electron chi connectivity index (χ0n) is 17.7. The molecule has 0 unspecified atom stereocenters. The molecule has 1 amide bonds. The lowest BCUT2D eigenvalue weighted by Gasteiger charge is -2.52. The maximum atomic E-state index is 13.0. The van der Waals surface area contributed by atoms with Crippen LogP contribution in [-0.2, 0) is 4.79 Å². The van der Waals surface area contributed by atoms with Crippen molar-refractivity contribution < 1.29 is 19.4 Å². The highest BCUT2D eigenvalue weighted by atomic mass is 35.5. The number of hydrogen-bond donors (Lipinski definition) is 2. The number of piperidine rings is 1. The van der Waals surface area contributed by atoms with Crippen LogP contribution >= 0.6 is 23.2 Å². The third-order valence-corrected chi connectivity index (χ3v) is 7.51. The van der Waals surface area contributed by atoms with E-state index < -0.39 is 5.60 Å². The van der Waals surface area contributed by atoms with Crippen LogP contribution in [0, 0.1) is 5.92 Å². The van der Waals surface area contributed by atoms with Gasteiger partial charge in [0.05, 0.1) is 22.9 Å². The van der Waals surface area contributed by atoms with E-state index in [2.05, 4.69) is 10.2 Å². The van der Waals surface area contributed by atoms with Gasteiger partial charge in [0.25, 0.3) is 0 Å². The highest BCUT2D eigenvalue weighted by Gasteiger charge is 2.49. The predicted octanol–water partition coefficient (Wildman–Crippen LogP) is 5.03. The summed E-state index contributed by atoms with van der Waals surface area (Å²) in [5.41, 5.74) is 0.870. The molecular formula is C24H26Cl2N2O4. The van der Waals surface area contributed by atoms with Crippen LogP contribution in [0.5, 0.6) is 11.5 Å². The van der Waals surface area contributed by atoms with E-state index in [-0.39, 0.29) is 31.2 Å². The molecule has 0 bridgehead atoms. The third-order valence-electron chi connectivity index (χ3n) is 6.96. The number of rotatable bonds is 4. The molecule has 2 aromatic rings. The standard InChI is InChI=1S/C24H26Cl2N2O4/c25-16-5-6-19(18(26)12-16)27-22(29)13-28-10-9-24(30)8-2-1-3-17(24)23(28)15-4-7-20-21(11-15)32-14-31-20/h4-7,11-12,17,23,30H,1-3,8-10,13-14H2,(H,27,29)/t17-,23-,24+/m1/s1. The summed E-state index contributed by atoms with van der Waals surface area (Å²) in [4.78, 5) is 15.1. The van der Waals surface area contributed by atoms with Gasteiger partial charge in [-0.1, -0.05) is 42.1 Å². The van der Waals surface area contributed by atoms with E-state index in [1.165, 1.54) is 0 Å². The topological polar surface area (TPSA) is 71.0 Å². The van der Waals surface area contributed by atoms with E-state index in [4.69, 9.17) is 32.7 Å². The SMILES string of the molecule is O=C(CN1CC[C@@]2(O)CCCC[C@@H]2[C@H]1c1ccc2c(c1)OCO2)Nc1ccc(Cl)cc1Cl. The van der Waals surface area contributed by atoms with Crippen molar-refractivity contribution in [1.82, 2.24) is 4.90 Å². The number of likely N-dealkylation sites (tertiary alicyclic amines) is 1. The Morgan fingerprint density at radius 1 is 1.12 bits per heavy atom. The molecule has 1 saturated heterocycles. The summed E-state index contributed by atoms with van der Waals surface area (Å²) in [5.74, 6) is 1.34. The van der Waals surface area contributed by atoms with Gasteiger partial charge in [-0.2, -0.15) is 0 Å². The van der Waals surface area contributed by atoms with Gasteiger partial charge >= 0.3 is 0 Å². The van der Waals surface area contributed by atoms with Crippen molar-refractivity contribution in [3.8, 4) is 11.5 Å². The first-order valence-electron chi connectivity index (χ1n) is 11.0. The number of benzene rings is 2. The molecule has 3 atom stereocenters. The average molecular weight is 477 g/mol. The molecule has 2 heterocycles. The minimum atomic E-state index is -0.703. The minimum absolute atomic E-state index is 0.0530. The van der Waals surface area contributed by atoms with Crippen molar-refractivity contribution in [2.75, 3.05) is 25.2 Å². The van der Waals surface area contributed by atoms with E-state index in [0.29, 0.717) is 34.4 Å². The third kappa shape index (κ3) is 4.17. The lowest BCUT2D eigenvalue weighted by Crippen LogP contribution is -2.56. The lowest BCUT2D eigenvalue weighted by molar-refractivity contribution is -0.135. The normalized spacial score (nSPS) is 27.1. The molecule has 32 heavy (non-hydrogen) atoms. The molecule has 2 aliphatic heterocycles. The Kier molecular flexibility index (Phi) is 5.97. The molecule has 3 aliphatic rings. The second-order valence-electron chi connectivity index (χ2n) is 8.91. The van der Waals surface area contributed by atoms with E-state index in [9.17, 15) is 9.90 Å². The van der Waals surface area contributed by atoms with Crippen molar-refractivity contribution in [3.05, 3.63) is 52.0 Å². The number of nitrogens with zero attached hydrogens (tertiary/aromatic N) is 1. The van der Waals surface area contributed by atoms with Gasteiger partial charge in [0, 0.05) is 23.5 Å². The van der Waals surface area contributed by atoms with Crippen LogP contribution in [-0.4, -0.2) is 41.4 Å². The summed E-state index contributed by atoms with van der Waals surface area (Å²) >= 11 is 12.2. The number of ether oxygens (including phenoxy) is 2. The Bertz CT molecular complexity index is 1030. The summed E-state index contributed by atoms with van der Waals surface area (Å²) in [6.07, 6.45) is 4.51. The highest BCUT2D eigenvalue weighted by molar-refractivity contribution is 6.36. The molecule has 5 rings (SSSR count). The molecule has 2 fully saturated rings. The molecule has 6 nitrogen and oxygen atoms in total. The van der Waals surface area contributed by atoms with Crippen LogP contribution in [0.15, 0.2) is 36.4 Å². The van der Waals surface area contributed by atoms with Crippen molar-refractivity contribution in [3.63, 3.8) is 0 Å². The number of hydrogen-bond acceptors (Lipinski definition) is 5. The Hall–Kier alpha value is -1.99. The zero-order valence-corrected chi connectivity index (χ0v) is 19.2. The molecule has 170 valence electrons. The maximum absolute atomic E-state index is 13.0. The fraction of sp³-hybridized carbons (Fsp3) is 0.458. The number of carbonyl (C=O) groups is 1. The van der Waals surface area contributed by atoms with E-state index >= 15 is 0 Å². The van der Waals surface area contributed by atoms with Gasteiger partial charge < -0.3 is 19.9 Å². The molecule has 0 radical (unpaired) electrons. The molecule has 2 aromatic carbocycles. The Morgan fingerprint density at radius 3 is 2.81 bits per heavy atom. The molecule has 1 saturated carbocycles. The first-order chi connectivity index (χ1) is 15.4. The number of fused-ring (bicyclic) bond motifs is 2. The predicted molar refractivity (Wildman–Crippen MR) is 123 cm³/mol. The van der Waals surface area contributed by atoms with Crippen molar-refractivity contribution in [2.24, 2.45) is 5.92 Å². The van der Waals surface area contributed by atoms with E-state index in [1.807, 2.05) is 18.2 Å². The second-order valence-corrected chi connectivity index (χ2v) is 9.75. The number of carbonyl (C=O) groups excluding carboxylic acids is 1. The van der Waals surface area contributed by atoms with Crippen LogP contribution in [0.25, 0.3) is 0 Å². The van der Waals surface area contributed by atoms with Gasteiger partial charge in [-0.3, -0.25) is 9.69 Å². The van der Waals surface area contributed by atoms with Crippen LogP contribution in [0.4, 0.5) is 5.69 Å². The van der Waals surface area contributed by atoms with Gasteiger partial charge in [-0.05, 0) is 55.2 Å². The fourth-order valence-electron chi connectivity index (χ4n) is 5.43. The number of aliphatic hydroxyl groups is 1. The first kappa shape index (κ1) is 21.8. The fourth-order valence-corrected chi connectivity index (χ4v) is 5.88. The van der Waals surface area contributed by atoms with Crippen LogP contribution in [0.1, 0.15) is 43.7 Å². The van der Waals surface area contributed by atoms with Gasteiger partial charge in [0.15, 0.2) is 11.5 Å². The summed E-state index contributed by atoms with van der Waals surface area (Å²) in [5, 5.41) is 15.3. The molecule has 2 N–H and O–H groups in total. The Balaban J connectivity index is 1.41. The van der Waals surface area contributed by atoms with E-state index in [0.717, 1.165) is 37.0 Å². The van der Waals surface area contributed by atoms with Crippen LogP contribution < -0.4 is 14.8 Å². The quantitative estimate of drug-likeness (QED) is 0.647.